The number of aromatic carboxylic acids is 1. The molecule has 0 aromatic heterocycles. The molecule has 100 valence electrons. The van der Waals surface area contributed by atoms with E-state index in [2.05, 4.69) is 0 Å². The standard InChI is InChI=1S/C17H14O3/c1-11-2-4-12(5-3-11)14-8-9-20-16-7-6-13(17(18)19)10-15(14)16/h2-8,10H,9H2,1H3,(H,18,19). The number of hydrogen-bond donors (Lipinski definition) is 1. The molecule has 1 heterocycles. The van der Waals surface area contributed by atoms with E-state index in [9.17, 15) is 4.79 Å². The van der Waals surface area contributed by atoms with Gasteiger partial charge in [-0.3, -0.25) is 0 Å². The minimum absolute atomic E-state index is 0.271. The highest BCUT2D eigenvalue weighted by molar-refractivity contribution is 5.92. The summed E-state index contributed by atoms with van der Waals surface area (Å²) in [7, 11) is 0. The zero-order valence-electron chi connectivity index (χ0n) is 11.1. The third-order valence-electron chi connectivity index (χ3n) is 3.41. The minimum atomic E-state index is -0.929. The number of hydrogen-bond acceptors (Lipinski definition) is 2. The van der Waals surface area contributed by atoms with Crippen LogP contribution in [0, 0.1) is 6.92 Å². The van der Waals surface area contributed by atoms with Crippen molar-refractivity contribution >= 4 is 11.5 Å². The van der Waals surface area contributed by atoms with Crippen LogP contribution >= 0.6 is 0 Å². The Morgan fingerprint density at radius 2 is 1.90 bits per heavy atom. The second kappa shape index (κ2) is 4.85. The summed E-state index contributed by atoms with van der Waals surface area (Å²) in [6.07, 6.45) is 1.98. The average Bonchev–Trinajstić information content (AvgIpc) is 2.47. The van der Waals surface area contributed by atoms with Crippen LogP contribution in [0.3, 0.4) is 0 Å². The van der Waals surface area contributed by atoms with E-state index in [0.29, 0.717) is 6.61 Å². The highest BCUT2D eigenvalue weighted by atomic mass is 16.5. The fourth-order valence-electron chi connectivity index (χ4n) is 2.33. The van der Waals surface area contributed by atoms with E-state index in [1.54, 1.807) is 18.2 Å². The molecule has 0 saturated carbocycles. The van der Waals surface area contributed by atoms with Crippen LogP contribution in [-0.4, -0.2) is 17.7 Å². The third-order valence-corrected chi connectivity index (χ3v) is 3.41. The highest BCUT2D eigenvalue weighted by Crippen LogP contribution is 2.34. The molecule has 0 spiro atoms. The number of carboxylic acids is 1. The van der Waals surface area contributed by atoms with Crippen LogP contribution in [0.25, 0.3) is 5.57 Å². The molecule has 3 nitrogen and oxygen atoms in total. The van der Waals surface area contributed by atoms with E-state index in [1.807, 2.05) is 37.3 Å². The first-order valence-corrected chi connectivity index (χ1v) is 6.43. The number of carboxylic acid groups (broad SMARTS) is 1. The summed E-state index contributed by atoms with van der Waals surface area (Å²) in [5.41, 5.74) is 4.39. The quantitative estimate of drug-likeness (QED) is 0.904. The second-order valence-corrected chi connectivity index (χ2v) is 4.81. The van der Waals surface area contributed by atoms with Crippen molar-refractivity contribution in [2.45, 2.75) is 6.92 Å². The summed E-state index contributed by atoms with van der Waals surface area (Å²) >= 11 is 0. The topological polar surface area (TPSA) is 46.5 Å². The summed E-state index contributed by atoms with van der Waals surface area (Å²) in [6, 6.07) is 13.1. The molecule has 1 N–H and O–H groups in total. The summed E-state index contributed by atoms with van der Waals surface area (Å²) in [5, 5.41) is 9.12. The Morgan fingerprint density at radius 1 is 1.15 bits per heavy atom. The Balaban J connectivity index is 2.11. The maximum absolute atomic E-state index is 11.1. The number of ether oxygens (including phenoxy) is 1. The lowest BCUT2D eigenvalue weighted by Gasteiger charge is -2.19. The molecule has 3 rings (SSSR count). The number of aryl methyl sites for hydroxylation is 1. The SMILES string of the molecule is Cc1ccc(C2=CCOc3ccc(C(=O)O)cc32)cc1. The van der Waals surface area contributed by atoms with Gasteiger partial charge in [-0.05, 0) is 42.3 Å². The van der Waals surface area contributed by atoms with Gasteiger partial charge in [-0.2, -0.15) is 0 Å². The summed E-state index contributed by atoms with van der Waals surface area (Å²) in [4.78, 5) is 11.1. The van der Waals surface area contributed by atoms with Crippen LogP contribution < -0.4 is 4.74 Å². The molecular weight excluding hydrogens is 252 g/mol. The molecule has 2 aromatic rings. The van der Waals surface area contributed by atoms with Crippen LogP contribution in [0.1, 0.15) is 27.0 Å². The molecule has 0 amide bonds. The smallest absolute Gasteiger partial charge is 0.335 e. The first-order valence-electron chi connectivity index (χ1n) is 6.43. The highest BCUT2D eigenvalue weighted by Gasteiger charge is 2.17. The van der Waals surface area contributed by atoms with Gasteiger partial charge in [0.2, 0.25) is 0 Å². The number of fused-ring (bicyclic) bond motifs is 1. The van der Waals surface area contributed by atoms with Gasteiger partial charge in [0.15, 0.2) is 0 Å². The molecule has 1 aliphatic heterocycles. The van der Waals surface area contributed by atoms with Crippen molar-refractivity contribution in [1.82, 2.24) is 0 Å². The number of benzene rings is 2. The van der Waals surface area contributed by atoms with Gasteiger partial charge in [0.1, 0.15) is 12.4 Å². The normalized spacial score (nSPS) is 13.2. The van der Waals surface area contributed by atoms with E-state index in [0.717, 1.165) is 22.4 Å². The number of rotatable bonds is 2. The Kier molecular flexibility index (Phi) is 3.03. The largest absolute Gasteiger partial charge is 0.489 e. The fraction of sp³-hybridized carbons (Fsp3) is 0.118. The maximum Gasteiger partial charge on any atom is 0.335 e. The van der Waals surface area contributed by atoms with Crippen molar-refractivity contribution < 1.29 is 14.6 Å². The first-order chi connectivity index (χ1) is 9.65. The van der Waals surface area contributed by atoms with Gasteiger partial charge in [-0.25, -0.2) is 4.79 Å². The Bertz CT molecular complexity index is 697. The minimum Gasteiger partial charge on any atom is -0.489 e. The molecule has 0 radical (unpaired) electrons. The van der Waals surface area contributed by atoms with Crippen LogP contribution in [0.5, 0.6) is 5.75 Å². The predicted octanol–water partition coefficient (Wildman–Crippen LogP) is 3.52. The molecular formula is C17H14O3. The summed E-state index contributed by atoms with van der Waals surface area (Å²) in [6.45, 7) is 2.54. The van der Waals surface area contributed by atoms with Crippen LogP contribution in [0.15, 0.2) is 48.5 Å². The van der Waals surface area contributed by atoms with Crippen LogP contribution in [0.2, 0.25) is 0 Å². The zero-order valence-corrected chi connectivity index (χ0v) is 11.1. The molecule has 0 bridgehead atoms. The molecule has 0 fully saturated rings. The lowest BCUT2D eigenvalue weighted by Crippen LogP contribution is -2.07. The van der Waals surface area contributed by atoms with Crippen molar-refractivity contribution in [3.63, 3.8) is 0 Å². The van der Waals surface area contributed by atoms with Gasteiger partial charge in [0.25, 0.3) is 0 Å². The van der Waals surface area contributed by atoms with Gasteiger partial charge in [0, 0.05) is 5.56 Å². The van der Waals surface area contributed by atoms with E-state index < -0.39 is 5.97 Å². The van der Waals surface area contributed by atoms with Gasteiger partial charge < -0.3 is 9.84 Å². The van der Waals surface area contributed by atoms with Crippen molar-refractivity contribution in [3.05, 3.63) is 70.8 Å². The molecule has 3 heteroatoms. The van der Waals surface area contributed by atoms with E-state index in [-0.39, 0.29) is 5.56 Å². The molecule has 0 atom stereocenters. The van der Waals surface area contributed by atoms with E-state index >= 15 is 0 Å². The Hall–Kier alpha value is -2.55. The lowest BCUT2D eigenvalue weighted by atomic mass is 9.93. The second-order valence-electron chi connectivity index (χ2n) is 4.81. The van der Waals surface area contributed by atoms with Gasteiger partial charge >= 0.3 is 5.97 Å². The van der Waals surface area contributed by atoms with E-state index in [1.165, 1.54) is 5.56 Å². The number of carbonyl (C=O) groups is 1. The van der Waals surface area contributed by atoms with Gasteiger partial charge in [-0.15, -0.1) is 0 Å². The average molecular weight is 266 g/mol. The summed E-state index contributed by atoms with van der Waals surface area (Å²) in [5.74, 6) is -0.199. The Labute approximate surface area is 117 Å². The molecule has 2 aromatic carbocycles. The fourth-order valence-corrected chi connectivity index (χ4v) is 2.33. The van der Waals surface area contributed by atoms with Crippen molar-refractivity contribution in [2.75, 3.05) is 6.61 Å². The first kappa shape index (κ1) is 12.5. The molecule has 20 heavy (non-hydrogen) atoms. The van der Waals surface area contributed by atoms with Crippen LogP contribution in [-0.2, 0) is 0 Å². The van der Waals surface area contributed by atoms with Crippen LogP contribution in [0.4, 0.5) is 0 Å². The van der Waals surface area contributed by atoms with Crippen molar-refractivity contribution in [3.8, 4) is 5.75 Å². The van der Waals surface area contributed by atoms with Gasteiger partial charge in [0.05, 0.1) is 5.56 Å². The summed E-state index contributed by atoms with van der Waals surface area (Å²) < 4.78 is 5.56. The Morgan fingerprint density at radius 3 is 2.60 bits per heavy atom. The predicted molar refractivity (Wildman–Crippen MR) is 77.2 cm³/mol. The van der Waals surface area contributed by atoms with Crippen molar-refractivity contribution in [2.24, 2.45) is 0 Å². The van der Waals surface area contributed by atoms with E-state index in [4.69, 9.17) is 9.84 Å². The van der Waals surface area contributed by atoms with Gasteiger partial charge in [-0.1, -0.05) is 29.8 Å². The van der Waals surface area contributed by atoms with Crippen molar-refractivity contribution in [1.29, 1.82) is 0 Å². The molecule has 0 unspecified atom stereocenters. The lowest BCUT2D eigenvalue weighted by molar-refractivity contribution is 0.0697. The molecule has 0 saturated heterocycles. The monoisotopic (exact) mass is 266 g/mol. The third kappa shape index (κ3) is 2.18. The molecule has 1 aliphatic rings. The zero-order chi connectivity index (χ0) is 14.1. The molecule has 0 aliphatic carbocycles. The maximum atomic E-state index is 11.1.